The summed E-state index contributed by atoms with van der Waals surface area (Å²) in [4.78, 5) is 20.1. The van der Waals surface area contributed by atoms with Gasteiger partial charge in [-0.05, 0) is 30.0 Å². The molecule has 0 aliphatic carbocycles. The van der Waals surface area contributed by atoms with Gasteiger partial charge >= 0.3 is 0 Å². The third-order valence-electron chi connectivity index (χ3n) is 5.86. The first-order valence-corrected chi connectivity index (χ1v) is 9.23. The van der Waals surface area contributed by atoms with E-state index in [0.717, 1.165) is 30.8 Å². The van der Waals surface area contributed by atoms with Crippen LogP contribution in [0.5, 0.6) is 0 Å². The quantitative estimate of drug-likeness (QED) is 0.692. The van der Waals surface area contributed by atoms with Gasteiger partial charge in [0.2, 0.25) is 0 Å². The molecule has 7 heteroatoms. The molecule has 28 heavy (non-hydrogen) atoms. The number of fused-ring (bicyclic) bond motifs is 2. The van der Waals surface area contributed by atoms with Gasteiger partial charge in [-0.15, -0.1) is 24.8 Å². The highest BCUT2D eigenvalue weighted by Gasteiger charge is 2.47. The van der Waals surface area contributed by atoms with Crippen molar-refractivity contribution in [3.05, 3.63) is 71.7 Å². The van der Waals surface area contributed by atoms with E-state index in [2.05, 4.69) is 34.6 Å². The maximum absolute atomic E-state index is 13.4. The highest BCUT2D eigenvalue weighted by atomic mass is 35.5. The van der Waals surface area contributed by atoms with Crippen LogP contribution in [0.3, 0.4) is 0 Å². The summed E-state index contributed by atoms with van der Waals surface area (Å²) in [6, 6.07) is 14.5. The number of pyridine rings is 1. The number of hydrogen-bond donors (Lipinski definition) is 1. The van der Waals surface area contributed by atoms with Crippen LogP contribution in [0.15, 0.2) is 54.9 Å². The van der Waals surface area contributed by atoms with Gasteiger partial charge in [0.05, 0.1) is 6.04 Å². The lowest BCUT2D eigenvalue weighted by Gasteiger charge is -2.27. The van der Waals surface area contributed by atoms with E-state index < -0.39 is 0 Å². The average Bonchev–Trinajstić information content (AvgIpc) is 3.36. The lowest BCUT2D eigenvalue weighted by molar-refractivity contribution is 0.0709. The third kappa shape index (κ3) is 3.28. The Morgan fingerprint density at radius 3 is 2.64 bits per heavy atom. The number of aromatic nitrogens is 2. The van der Waals surface area contributed by atoms with Crippen molar-refractivity contribution in [2.45, 2.75) is 13.0 Å². The van der Waals surface area contributed by atoms with Crippen LogP contribution in [0, 0.1) is 18.8 Å². The van der Waals surface area contributed by atoms with Gasteiger partial charge in [-0.25, -0.2) is 4.98 Å². The molecule has 2 aliphatic heterocycles. The molecule has 1 N–H and O–H groups in total. The first kappa shape index (κ1) is 20.6. The Labute approximate surface area is 177 Å². The molecule has 5 rings (SSSR count). The van der Waals surface area contributed by atoms with Crippen molar-refractivity contribution < 1.29 is 4.79 Å². The zero-order valence-corrected chi connectivity index (χ0v) is 17.2. The second-order valence-electron chi connectivity index (χ2n) is 7.44. The molecule has 0 bridgehead atoms. The number of imidazole rings is 1. The largest absolute Gasteiger partial charge is 0.330 e. The first-order chi connectivity index (χ1) is 12.7. The van der Waals surface area contributed by atoms with Crippen molar-refractivity contribution in [3.8, 4) is 0 Å². The lowest BCUT2D eigenvalue weighted by atomic mass is 9.89. The number of nitrogens with zero attached hydrogens (tertiary/aromatic N) is 3. The van der Waals surface area contributed by atoms with E-state index in [9.17, 15) is 4.79 Å². The number of hydrogen-bond acceptors (Lipinski definition) is 3. The number of benzene rings is 1. The molecule has 5 nitrogen and oxygen atoms in total. The molecule has 2 aromatic heterocycles. The summed E-state index contributed by atoms with van der Waals surface area (Å²) < 4.78 is 1.94. The molecule has 0 spiro atoms. The Morgan fingerprint density at radius 2 is 1.89 bits per heavy atom. The van der Waals surface area contributed by atoms with Crippen LogP contribution in [0.4, 0.5) is 0 Å². The fraction of sp³-hybridized carbons (Fsp3) is 0.333. The maximum atomic E-state index is 13.4. The van der Waals surface area contributed by atoms with Crippen molar-refractivity contribution in [3.63, 3.8) is 0 Å². The zero-order chi connectivity index (χ0) is 17.7. The zero-order valence-electron chi connectivity index (χ0n) is 15.6. The molecule has 148 valence electrons. The average molecular weight is 419 g/mol. The lowest BCUT2D eigenvalue weighted by Crippen LogP contribution is -2.34. The smallest absolute Gasteiger partial charge is 0.274 e. The number of halogens is 2. The van der Waals surface area contributed by atoms with E-state index in [0.29, 0.717) is 17.5 Å². The Hall–Kier alpha value is -2.08. The molecular weight excluding hydrogens is 395 g/mol. The molecule has 0 saturated carbocycles. The summed E-state index contributed by atoms with van der Waals surface area (Å²) in [5.74, 6) is 1.03. The van der Waals surface area contributed by atoms with Crippen molar-refractivity contribution in [2.24, 2.45) is 11.8 Å². The highest BCUT2D eigenvalue weighted by molar-refractivity contribution is 5.93. The minimum absolute atomic E-state index is 0. The molecule has 2 aliphatic rings. The molecule has 2 saturated heterocycles. The predicted octanol–water partition coefficient (Wildman–Crippen LogP) is 3.52. The Morgan fingerprint density at radius 1 is 1.11 bits per heavy atom. The van der Waals surface area contributed by atoms with Crippen LogP contribution in [0.25, 0.3) is 5.65 Å². The van der Waals surface area contributed by atoms with Crippen LogP contribution >= 0.6 is 24.8 Å². The number of amides is 1. The molecule has 0 radical (unpaired) electrons. The SMILES string of the molecule is Cc1cccn2cc(C(=O)N3C[C@@H]4CNC[C@@H]4[C@@H]3c3ccccc3)nc12.Cl.Cl. The monoisotopic (exact) mass is 418 g/mol. The van der Waals surface area contributed by atoms with Gasteiger partial charge in [-0.3, -0.25) is 4.79 Å². The Balaban J connectivity index is 0.00000112. The first-order valence-electron chi connectivity index (χ1n) is 9.23. The number of carbonyl (C=O) groups excluding carboxylic acids is 1. The number of rotatable bonds is 2. The minimum atomic E-state index is 0. The normalized spacial score (nSPS) is 23.2. The van der Waals surface area contributed by atoms with E-state index >= 15 is 0 Å². The molecule has 2 fully saturated rings. The maximum Gasteiger partial charge on any atom is 0.274 e. The molecule has 0 unspecified atom stereocenters. The summed E-state index contributed by atoms with van der Waals surface area (Å²) in [5, 5.41) is 3.49. The van der Waals surface area contributed by atoms with Crippen molar-refractivity contribution in [2.75, 3.05) is 19.6 Å². The van der Waals surface area contributed by atoms with Gasteiger partial charge in [-0.2, -0.15) is 0 Å². The summed E-state index contributed by atoms with van der Waals surface area (Å²) in [7, 11) is 0. The fourth-order valence-corrected chi connectivity index (χ4v) is 4.61. The van der Waals surface area contributed by atoms with Crippen LogP contribution in [0.2, 0.25) is 0 Å². The van der Waals surface area contributed by atoms with Crippen LogP contribution in [-0.4, -0.2) is 39.8 Å². The second-order valence-corrected chi connectivity index (χ2v) is 7.44. The number of nitrogens with one attached hydrogen (secondary N) is 1. The standard InChI is InChI=1S/C21H22N4O.2ClH/c1-14-6-5-9-24-13-18(23-20(14)24)21(26)25-12-16-10-22-11-17(16)19(25)15-7-3-2-4-8-15;;/h2-9,13,16-17,19,22H,10-12H2,1H3;2*1H/t16-,17-,19-;;/m0../s1. The minimum Gasteiger partial charge on any atom is -0.330 e. The van der Waals surface area contributed by atoms with E-state index in [1.54, 1.807) is 0 Å². The van der Waals surface area contributed by atoms with E-state index in [1.165, 1.54) is 5.56 Å². The number of aryl methyl sites for hydroxylation is 1. The summed E-state index contributed by atoms with van der Waals surface area (Å²) in [6.07, 6.45) is 3.81. The summed E-state index contributed by atoms with van der Waals surface area (Å²) >= 11 is 0. The topological polar surface area (TPSA) is 49.6 Å². The van der Waals surface area contributed by atoms with Crippen LogP contribution in [0.1, 0.15) is 27.7 Å². The molecular formula is C21H24Cl2N4O. The molecule has 4 heterocycles. The van der Waals surface area contributed by atoms with Crippen molar-refractivity contribution >= 4 is 36.4 Å². The fourth-order valence-electron chi connectivity index (χ4n) is 4.61. The highest BCUT2D eigenvalue weighted by Crippen LogP contribution is 2.43. The predicted molar refractivity (Wildman–Crippen MR) is 114 cm³/mol. The van der Waals surface area contributed by atoms with Gasteiger partial charge in [-0.1, -0.05) is 36.4 Å². The molecule has 1 amide bonds. The number of carbonyl (C=O) groups is 1. The Bertz CT molecular complexity index is 975. The van der Waals surface area contributed by atoms with E-state index in [4.69, 9.17) is 0 Å². The number of likely N-dealkylation sites (tertiary alicyclic amines) is 1. The van der Waals surface area contributed by atoms with Gasteiger partial charge < -0.3 is 14.6 Å². The van der Waals surface area contributed by atoms with Crippen molar-refractivity contribution in [1.29, 1.82) is 0 Å². The van der Waals surface area contributed by atoms with Gasteiger partial charge in [0.1, 0.15) is 11.3 Å². The summed E-state index contributed by atoms with van der Waals surface area (Å²) in [6.45, 7) is 4.78. The van der Waals surface area contributed by atoms with E-state index in [-0.39, 0.29) is 36.8 Å². The Kier molecular flexibility index (Phi) is 5.98. The molecule has 3 atom stereocenters. The van der Waals surface area contributed by atoms with Crippen LogP contribution < -0.4 is 5.32 Å². The van der Waals surface area contributed by atoms with Crippen molar-refractivity contribution in [1.82, 2.24) is 19.6 Å². The molecule has 3 aromatic rings. The summed E-state index contributed by atoms with van der Waals surface area (Å²) in [5.41, 5.74) is 3.69. The van der Waals surface area contributed by atoms with Gasteiger partial charge in [0.15, 0.2) is 0 Å². The third-order valence-corrected chi connectivity index (χ3v) is 5.86. The van der Waals surface area contributed by atoms with E-state index in [1.807, 2.05) is 46.8 Å². The van der Waals surface area contributed by atoms with Gasteiger partial charge in [0.25, 0.3) is 5.91 Å². The van der Waals surface area contributed by atoms with Gasteiger partial charge in [0, 0.05) is 37.9 Å². The second kappa shape index (κ2) is 8.11. The van der Waals surface area contributed by atoms with Crippen LogP contribution in [-0.2, 0) is 0 Å². The molecule has 1 aromatic carbocycles.